The third-order valence-corrected chi connectivity index (χ3v) is 2.31. The molecule has 0 aliphatic heterocycles. The monoisotopic (exact) mass is 254 g/mol. The number of pyridine rings is 1. The molecule has 0 unspecified atom stereocenters. The Morgan fingerprint density at radius 1 is 1.28 bits per heavy atom. The summed E-state index contributed by atoms with van der Waals surface area (Å²) >= 11 is 0. The fourth-order valence-corrected chi connectivity index (χ4v) is 1.38. The van der Waals surface area contributed by atoms with Crippen molar-refractivity contribution in [2.24, 2.45) is 0 Å². The van der Waals surface area contributed by atoms with E-state index in [0.717, 1.165) is 12.6 Å². The Bertz CT molecular complexity index is 406. The van der Waals surface area contributed by atoms with Crippen LogP contribution in [0.3, 0.4) is 0 Å². The zero-order valence-corrected chi connectivity index (χ0v) is 9.86. The Kier molecular flexibility index (Phi) is 5.76. The highest BCUT2D eigenvalue weighted by Crippen LogP contribution is 2.00. The minimum atomic E-state index is -0.811. The number of nitrogens with one attached hydrogen (secondary N) is 1. The number of nitrogens with zero attached hydrogens (tertiary/aromatic N) is 1. The second-order valence-corrected chi connectivity index (χ2v) is 3.82. The molecule has 0 saturated heterocycles. The molecule has 0 radical (unpaired) electrons. The first-order chi connectivity index (χ1) is 8.59. The second kappa shape index (κ2) is 7.37. The maximum Gasteiger partial charge on any atom is 0.303 e. The van der Waals surface area contributed by atoms with Crippen LogP contribution in [0.4, 0.5) is 4.39 Å². The molecule has 0 aromatic carbocycles. The highest BCUT2D eigenvalue weighted by Gasteiger charge is 2.06. The van der Waals surface area contributed by atoms with Gasteiger partial charge in [-0.1, -0.05) is 6.42 Å². The molecule has 0 saturated carbocycles. The lowest BCUT2D eigenvalue weighted by Crippen LogP contribution is -2.25. The molecule has 0 aliphatic carbocycles. The van der Waals surface area contributed by atoms with Crippen molar-refractivity contribution in [2.75, 3.05) is 6.54 Å². The number of aliphatic carboxylic acids is 1. The molecule has 98 valence electrons. The smallest absolute Gasteiger partial charge is 0.303 e. The van der Waals surface area contributed by atoms with Crippen molar-refractivity contribution in [3.05, 3.63) is 29.8 Å². The summed E-state index contributed by atoms with van der Waals surface area (Å²) in [5.74, 6) is -1.65. The lowest BCUT2D eigenvalue weighted by Gasteiger charge is -2.04. The standard InChI is InChI=1S/C12H15FN2O3/c13-9-5-6-10(15-8-9)12(18)14-7-3-1-2-4-11(16)17/h5-6,8H,1-4,7H2,(H,14,18)(H,16,17). The van der Waals surface area contributed by atoms with Gasteiger partial charge in [0, 0.05) is 13.0 Å². The van der Waals surface area contributed by atoms with E-state index in [2.05, 4.69) is 10.3 Å². The van der Waals surface area contributed by atoms with Gasteiger partial charge in [-0.2, -0.15) is 0 Å². The zero-order valence-electron chi connectivity index (χ0n) is 9.86. The number of amides is 1. The summed E-state index contributed by atoms with van der Waals surface area (Å²) in [5, 5.41) is 11.1. The summed E-state index contributed by atoms with van der Waals surface area (Å²) < 4.78 is 12.6. The molecule has 1 aromatic rings. The molecule has 2 N–H and O–H groups in total. The molecule has 0 bridgehead atoms. The van der Waals surface area contributed by atoms with E-state index in [9.17, 15) is 14.0 Å². The molecule has 18 heavy (non-hydrogen) atoms. The number of hydrogen-bond donors (Lipinski definition) is 2. The zero-order chi connectivity index (χ0) is 13.4. The van der Waals surface area contributed by atoms with Gasteiger partial charge < -0.3 is 10.4 Å². The number of carboxylic acids is 1. The third kappa shape index (κ3) is 5.38. The first kappa shape index (κ1) is 14.1. The molecule has 0 fully saturated rings. The number of carbonyl (C=O) groups is 2. The summed E-state index contributed by atoms with van der Waals surface area (Å²) in [6, 6.07) is 2.49. The lowest BCUT2D eigenvalue weighted by atomic mass is 10.2. The summed E-state index contributed by atoms with van der Waals surface area (Å²) in [7, 11) is 0. The van der Waals surface area contributed by atoms with E-state index in [1.54, 1.807) is 0 Å². The maximum absolute atomic E-state index is 12.6. The SMILES string of the molecule is O=C(O)CCCCCNC(=O)c1ccc(F)cn1. The van der Waals surface area contributed by atoms with Gasteiger partial charge in [0.15, 0.2) is 0 Å². The molecule has 6 heteroatoms. The molecular weight excluding hydrogens is 239 g/mol. The number of carboxylic acid groups (broad SMARTS) is 1. The van der Waals surface area contributed by atoms with Crippen LogP contribution >= 0.6 is 0 Å². The van der Waals surface area contributed by atoms with Crippen molar-refractivity contribution >= 4 is 11.9 Å². The van der Waals surface area contributed by atoms with Crippen LogP contribution in [-0.2, 0) is 4.79 Å². The van der Waals surface area contributed by atoms with Crippen molar-refractivity contribution in [2.45, 2.75) is 25.7 Å². The van der Waals surface area contributed by atoms with Crippen molar-refractivity contribution in [1.29, 1.82) is 0 Å². The largest absolute Gasteiger partial charge is 0.481 e. The van der Waals surface area contributed by atoms with Gasteiger partial charge in [0.1, 0.15) is 11.5 Å². The molecule has 1 amide bonds. The molecule has 1 rings (SSSR count). The number of rotatable bonds is 7. The predicted octanol–water partition coefficient (Wildman–Crippen LogP) is 1.60. The van der Waals surface area contributed by atoms with Crippen molar-refractivity contribution in [3.8, 4) is 0 Å². The van der Waals surface area contributed by atoms with Crippen LogP contribution < -0.4 is 5.32 Å². The number of halogens is 1. The lowest BCUT2D eigenvalue weighted by molar-refractivity contribution is -0.137. The van der Waals surface area contributed by atoms with E-state index in [0.29, 0.717) is 19.4 Å². The normalized spacial score (nSPS) is 10.1. The van der Waals surface area contributed by atoms with Gasteiger partial charge in [-0.15, -0.1) is 0 Å². The molecular formula is C12H15FN2O3. The van der Waals surface area contributed by atoms with Gasteiger partial charge in [0.05, 0.1) is 6.20 Å². The minimum absolute atomic E-state index is 0.146. The molecule has 0 spiro atoms. The van der Waals surface area contributed by atoms with Crippen LogP contribution in [0.15, 0.2) is 18.3 Å². The summed E-state index contributed by atoms with van der Waals surface area (Å²) in [6.07, 6.45) is 3.18. The number of aromatic nitrogens is 1. The van der Waals surface area contributed by atoms with Crippen molar-refractivity contribution < 1.29 is 19.1 Å². The molecule has 1 heterocycles. The minimum Gasteiger partial charge on any atom is -0.481 e. The Labute approximate surface area is 104 Å². The Morgan fingerprint density at radius 3 is 2.67 bits per heavy atom. The quantitative estimate of drug-likeness (QED) is 0.724. The van der Waals surface area contributed by atoms with Gasteiger partial charge in [0.25, 0.3) is 5.91 Å². The summed E-state index contributed by atoms with van der Waals surface area (Å²) in [5.41, 5.74) is 0.168. The van der Waals surface area contributed by atoms with Crippen molar-refractivity contribution in [3.63, 3.8) is 0 Å². The van der Waals surface area contributed by atoms with E-state index in [-0.39, 0.29) is 18.0 Å². The molecule has 0 aliphatic rings. The Morgan fingerprint density at radius 2 is 2.06 bits per heavy atom. The first-order valence-corrected chi connectivity index (χ1v) is 5.71. The topological polar surface area (TPSA) is 79.3 Å². The van der Waals surface area contributed by atoms with Crippen LogP contribution in [0.5, 0.6) is 0 Å². The van der Waals surface area contributed by atoms with E-state index < -0.39 is 11.8 Å². The highest BCUT2D eigenvalue weighted by molar-refractivity contribution is 5.92. The average Bonchev–Trinajstić information content (AvgIpc) is 2.34. The van der Waals surface area contributed by atoms with Crippen LogP contribution in [0.2, 0.25) is 0 Å². The highest BCUT2D eigenvalue weighted by atomic mass is 19.1. The van der Waals surface area contributed by atoms with Crippen LogP contribution in [-0.4, -0.2) is 28.5 Å². The first-order valence-electron chi connectivity index (χ1n) is 5.71. The molecule has 5 nitrogen and oxygen atoms in total. The van der Waals surface area contributed by atoms with Crippen LogP contribution in [0.25, 0.3) is 0 Å². The van der Waals surface area contributed by atoms with Crippen molar-refractivity contribution in [1.82, 2.24) is 10.3 Å². The number of carbonyl (C=O) groups excluding carboxylic acids is 1. The van der Waals surface area contributed by atoms with E-state index in [4.69, 9.17) is 5.11 Å². The summed E-state index contributed by atoms with van der Waals surface area (Å²) in [6.45, 7) is 0.456. The van der Waals surface area contributed by atoms with Gasteiger partial charge in [-0.3, -0.25) is 9.59 Å². The molecule has 1 aromatic heterocycles. The second-order valence-electron chi connectivity index (χ2n) is 3.82. The van der Waals surface area contributed by atoms with Crippen LogP contribution in [0.1, 0.15) is 36.2 Å². The fraction of sp³-hybridized carbons (Fsp3) is 0.417. The number of hydrogen-bond acceptors (Lipinski definition) is 3. The van der Waals surface area contributed by atoms with Gasteiger partial charge in [0.2, 0.25) is 0 Å². The van der Waals surface area contributed by atoms with Gasteiger partial charge >= 0.3 is 5.97 Å². The van der Waals surface area contributed by atoms with E-state index in [1.165, 1.54) is 12.1 Å². The van der Waals surface area contributed by atoms with Gasteiger partial charge in [-0.25, -0.2) is 9.37 Å². The third-order valence-electron chi connectivity index (χ3n) is 2.31. The Balaban J connectivity index is 2.17. The predicted molar refractivity (Wildman–Crippen MR) is 62.6 cm³/mol. The molecule has 0 atom stereocenters. The Hall–Kier alpha value is -1.98. The number of unbranched alkanes of at least 4 members (excludes halogenated alkanes) is 2. The van der Waals surface area contributed by atoms with Gasteiger partial charge in [-0.05, 0) is 25.0 Å². The fourth-order valence-electron chi connectivity index (χ4n) is 1.38. The maximum atomic E-state index is 12.6. The summed E-state index contributed by atoms with van der Waals surface area (Å²) in [4.78, 5) is 25.4. The van der Waals surface area contributed by atoms with Crippen LogP contribution in [0, 0.1) is 5.82 Å². The van der Waals surface area contributed by atoms with E-state index in [1.807, 2.05) is 0 Å². The average molecular weight is 254 g/mol. The van der Waals surface area contributed by atoms with E-state index >= 15 is 0 Å².